The molecular formula is C12H14O4. The first-order valence-electron chi connectivity index (χ1n) is 4.87. The summed E-state index contributed by atoms with van der Waals surface area (Å²) in [7, 11) is 0. The van der Waals surface area contributed by atoms with Gasteiger partial charge in [-0.3, -0.25) is 4.79 Å². The van der Waals surface area contributed by atoms with Crippen molar-refractivity contribution in [1.82, 2.24) is 0 Å². The van der Waals surface area contributed by atoms with Crippen LogP contribution in [0.15, 0.2) is 45.6 Å². The van der Waals surface area contributed by atoms with Crippen molar-refractivity contribution in [1.29, 1.82) is 0 Å². The fraction of sp³-hybridized carbons (Fsp3) is 0.250. The molecule has 0 aromatic carbocycles. The number of aliphatic hydroxyl groups is 1. The van der Waals surface area contributed by atoms with E-state index in [1.165, 1.54) is 13.2 Å². The number of hydrogen-bond acceptors (Lipinski definition) is 4. The van der Waals surface area contributed by atoms with Gasteiger partial charge in [0.2, 0.25) is 0 Å². The van der Waals surface area contributed by atoms with Gasteiger partial charge in [-0.1, -0.05) is 0 Å². The quantitative estimate of drug-likeness (QED) is 0.793. The van der Waals surface area contributed by atoms with E-state index >= 15 is 0 Å². The maximum atomic E-state index is 10.4. The van der Waals surface area contributed by atoms with Crippen LogP contribution in [-0.4, -0.2) is 10.9 Å². The zero-order valence-electron chi connectivity index (χ0n) is 9.21. The lowest BCUT2D eigenvalue weighted by Crippen LogP contribution is -1.85. The number of carbonyl (C=O) groups is 1. The van der Waals surface area contributed by atoms with Gasteiger partial charge in [-0.25, -0.2) is 0 Å². The molecule has 0 aliphatic rings. The molecule has 2 aromatic heterocycles. The van der Waals surface area contributed by atoms with E-state index in [9.17, 15) is 4.79 Å². The van der Waals surface area contributed by atoms with Gasteiger partial charge >= 0.3 is 0 Å². The molecule has 16 heavy (non-hydrogen) atoms. The van der Waals surface area contributed by atoms with E-state index in [0.717, 1.165) is 0 Å². The van der Waals surface area contributed by atoms with Crippen molar-refractivity contribution in [2.45, 2.75) is 20.0 Å². The standard InChI is InChI=1S/C6H8O2.C6H6O2/c2*1-5(7)6-3-2-4-8-6/h2-5,7H,1H3;2-4H,1H3/t5-;/m1./s1. The van der Waals surface area contributed by atoms with Crippen molar-refractivity contribution in [3.63, 3.8) is 0 Å². The highest BCUT2D eigenvalue weighted by Crippen LogP contribution is 2.10. The van der Waals surface area contributed by atoms with Crippen molar-refractivity contribution in [2.75, 3.05) is 0 Å². The second-order valence-electron chi connectivity index (χ2n) is 3.22. The lowest BCUT2D eigenvalue weighted by molar-refractivity contribution is 0.0987. The molecule has 4 heteroatoms. The van der Waals surface area contributed by atoms with Crippen molar-refractivity contribution >= 4 is 5.78 Å². The minimum Gasteiger partial charge on any atom is -0.467 e. The van der Waals surface area contributed by atoms with E-state index in [4.69, 9.17) is 13.9 Å². The average Bonchev–Trinajstić information content (AvgIpc) is 2.93. The van der Waals surface area contributed by atoms with E-state index in [2.05, 4.69) is 0 Å². The number of rotatable bonds is 2. The first-order valence-corrected chi connectivity index (χ1v) is 4.87. The number of Topliss-reactive ketones (excluding diaryl/α,β-unsaturated/α-hetero) is 1. The summed E-state index contributed by atoms with van der Waals surface area (Å²) < 4.78 is 9.59. The fourth-order valence-electron chi connectivity index (χ4n) is 1.01. The molecule has 0 amide bonds. The minimum absolute atomic E-state index is 0.0324. The number of carbonyl (C=O) groups excluding carboxylic acids is 1. The molecule has 0 spiro atoms. The fourth-order valence-corrected chi connectivity index (χ4v) is 1.01. The topological polar surface area (TPSA) is 63.6 Å². The SMILES string of the molecule is CC(=O)c1ccco1.C[C@@H](O)c1ccco1. The summed E-state index contributed by atoms with van der Waals surface area (Å²) in [6.45, 7) is 3.14. The zero-order chi connectivity index (χ0) is 12.0. The predicted molar refractivity (Wildman–Crippen MR) is 58.1 cm³/mol. The Morgan fingerprint density at radius 3 is 2.12 bits per heavy atom. The monoisotopic (exact) mass is 222 g/mol. The summed E-state index contributed by atoms with van der Waals surface area (Å²) in [5, 5.41) is 8.82. The molecule has 0 unspecified atom stereocenters. The molecule has 86 valence electrons. The van der Waals surface area contributed by atoms with Crippen LogP contribution in [0.25, 0.3) is 0 Å². The van der Waals surface area contributed by atoms with Gasteiger partial charge in [0.1, 0.15) is 11.9 Å². The second kappa shape index (κ2) is 5.92. The molecule has 2 aromatic rings. The van der Waals surface area contributed by atoms with Gasteiger partial charge in [-0.15, -0.1) is 0 Å². The predicted octanol–water partition coefficient (Wildman–Crippen LogP) is 2.82. The summed E-state index contributed by atoms with van der Waals surface area (Å²) in [5.74, 6) is 1.00. The van der Waals surface area contributed by atoms with Gasteiger partial charge in [0.15, 0.2) is 11.5 Å². The molecule has 0 saturated heterocycles. The van der Waals surface area contributed by atoms with E-state index in [1.54, 1.807) is 37.5 Å². The smallest absolute Gasteiger partial charge is 0.194 e. The van der Waals surface area contributed by atoms with Crippen molar-refractivity contribution in [2.24, 2.45) is 0 Å². The number of hydrogen-bond donors (Lipinski definition) is 1. The van der Waals surface area contributed by atoms with Crippen molar-refractivity contribution in [3.8, 4) is 0 Å². The second-order valence-corrected chi connectivity index (χ2v) is 3.22. The van der Waals surface area contributed by atoms with Gasteiger partial charge in [0.25, 0.3) is 0 Å². The molecular weight excluding hydrogens is 208 g/mol. The Balaban J connectivity index is 0.000000160. The maximum absolute atomic E-state index is 10.4. The van der Waals surface area contributed by atoms with Crippen LogP contribution in [0.3, 0.4) is 0 Å². The Hall–Kier alpha value is -1.81. The van der Waals surface area contributed by atoms with Crippen LogP contribution in [0.2, 0.25) is 0 Å². The normalized spacial score (nSPS) is 11.4. The third-order valence-corrected chi connectivity index (χ3v) is 1.82. The summed E-state index contributed by atoms with van der Waals surface area (Å²) in [5.41, 5.74) is 0. The van der Waals surface area contributed by atoms with Gasteiger partial charge in [-0.05, 0) is 31.2 Å². The summed E-state index contributed by atoms with van der Waals surface area (Å²) >= 11 is 0. The third-order valence-electron chi connectivity index (χ3n) is 1.82. The molecule has 1 atom stereocenters. The maximum Gasteiger partial charge on any atom is 0.194 e. The van der Waals surface area contributed by atoms with Crippen LogP contribution in [0.5, 0.6) is 0 Å². The first-order chi connectivity index (χ1) is 7.61. The van der Waals surface area contributed by atoms with Crippen LogP contribution in [-0.2, 0) is 0 Å². The Labute approximate surface area is 93.5 Å². The van der Waals surface area contributed by atoms with Crippen LogP contribution in [0.1, 0.15) is 36.3 Å². The number of ketones is 1. The Bertz CT molecular complexity index is 398. The summed E-state index contributed by atoms with van der Waals surface area (Å²) in [6, 6.07) is 6.83. The molecule has 0 radical (unpaired) electrons. The molecule has 2 heterocycles. The molecule has 0 bridgehead atoms. The van der Waals surface area contributed by atoms with Gasteiger partial charge in [0, 0.05) is 6.92 Å². The molecule has 4 nitrogen and oxygen atoms in total. The van der Waals surface area contributed by atoms with Crippen LogP contribution in [0, 0.1) is 0 Å². The Morgan fingerprint density at radius 2 is 1.88 bits per heavy atom. The van der Waals surface area contributed by atoms with E-state index in [-0.39, 0.29) is 5.78 Å². The summed E-state index contributed by atoms with van der Waals surface area (Å²) in [4.78, 5) is 10.4. The van der Waals surface area contributed by atoms with Crippen LogP contribution >= 0.6 is 0 Å². The minimum atomic E-state index is -0.481. The van der Waals surface area contributed by atoms with E-state index in [1.807, 2.05) is 0 Å². The lowest BCUT2D eigenvalue weighted by Gasteiger charge is -1.94. The highest BCUT2D eigenvalue weighted by molar-refractivity contribution is 5.91. The Morgan fingerprint density at radius 1 is 1.25 bits per heavy atom. The van der Waals surface area contributed by atoms with Gasteiger partial charge < -0.3 is 13.9 Å². The third kappa shape index (κ3) is 3.74. The Kier molecular flexibility index (Phi) is 4.54. The highest BCUT2D eigenvalue weighted by atomic mass is 16.4. The van der Waals surface area contributed by atoms with E-state index in [0.29, 0.717) is 11.5 Å². The average molecular weight is 222 g/mol. The molecule has 0 fully saturated rings. The zero-order valence-corrected chi connectivity index (χ0v) is 9.21. The van der Waals surface area contributed by atoms with Crippen molar-refractivity contribution < 1.29 is 18.7 Å². The van der Waals surface area contributed by atoms with Gasteiger partial charge in [-0.2, -0.15) is 0 Å². The van der Waals surface area contributed by atoms with Crippen LogP contribution in [0.4, 0.5) is 0 Å². The molecule has 0 aliphatic carbocycles. The molecule has 0 saturated carbocycles. The molecule has 2 rings (SSSR count). The highest BCUT2D eigenvalue weighted by Gasteiger charge is 1.99. The molecule has 0 aliphatic heterocycles. The van der Waals surface area contributed by atoms with Crippen LogP contribution < -0.4 is 0 Å². The first kappa shape index (κ1) is 12.3. The number of aliphatic hydroxyl groups excluding tert-OH is 1. The number of furan rings is 2. The van der Waals surface area contributed by atoms with E-state index < -0.39 is 6.10 Å². The molecule has 1 N–H and O–H groups in total. The summed E-state index contributed by atoms with van der Waals surface area (Å²) in [6.07, 6.45) is 2.55. The van der Waals surface area contributed by atoms with Gasteiger partial charge in [0.05, 0.1) is 12.5 Å². The lowest BCUT2D eigenvalue weighted by atomic mass is 10.3. The largest absolute Gasteiger partial charge is 0.467 e. The van der Waals surface area contributed by atoms with Crippen molar-refractivity contribution in [3.05, 3.63) is 48.3 Å².